The van der Waals surface area contributed by atoms with Crippen LogP contribution in [0.3, 0.4) is 0 Å². The molecule has 0 bridgehead atoms. The van der Waals surface area contributed by atoms with Crippen LogP contribution in [-0.4, -0.2) is 48.6 Å². The summed E-state index contributed by atoms with van der Waals surface area (Å²) >= 11 is 0. The first-order valence-corrected chi connectivity index (χ1v) is 7.60. The second-order valence-corrected chi connectivity index (χ2v) is 5.38. The van der Waals surface area contributed by atoms with E-state index in [1.165, 1.54) is 6.42 Å². The number of nitrogens with one attached hydrogen (secondary N) is 2. The number of nitrogens with zero attached hydrogens (tertiary/aromatic N) is 3. The first-order valence-electron chi connectivity index (χ1n) is 7.60. The molecule has 114 valence electrons. The fourth-order valence-electron chi connectivity index (χ4n) is 2.21. The average molecular weight is 287 g/mol. The number of hydrogen-bond donors (Lipinski definition) is 2. The number of hydrogen-bond acceptors (Lipinski definition) is 5. The van der Waals surface area contributed by atoms with Crippen LogP contribution in [0.1, 0.15) is 19.8 Å². The Morgan fingerprint density at radius 1 is 1.05 bits per heavy atom. The van der Waals surface area contributed by atoms with Gasteiger partial charge in [-0.3, -0.25) is 0 Å². The van der Waals surface area contributed by atoms with Crippen LogP contribution in [0.15, 0.2) is 24.3 Å². The van der Waals surface area contributed by atoms with E-state index < -0.39 is 0 Å². The molecule has 0 unspecified atom stereocenters. The smallest absolute Gasteiger partial charge is 0.225 e. The molecule has 0 spiro atoms. The van der Waals surface area contributed by atoms with Crippen LogP contribution < -0.4 is 10.6 Å². The minimum Gasteiger partial charge on any atom is -0.369 e. The zero-order chi connectivity index (χ0) is 15.1. The van der Waals surface area contributed by atoms with E-state index >= 15 is 0 Å². The third-order valence-corrected chi connectivity index (χ3v) is 3.26. The first kappa shape index (κ1) is 15.5. The van der Waals surface area contributed by atoms with Crippen LogP contribution in [0.2, 0.25) is 0 Å². The Labute approximate surface area is 126 Å². The van der Waals surface area contributed by atoms with Gasteiger partial charge in [0.05, 0.1) is 5.52 Å². The van der Waals surface area contributed by atoms with Crippen LogP contribution in [0.5, 0.6) is 0 Å². The molecular weight excluding hydrogens is 262 g/mol. The molecule has 1 aromatic heterocycles. The Morgan fingerprint density at radius 3 is 2.62 bits per heavy atom. The van der Waals surface area contributed by atoms with E-state index in [4.69, 9.17) is 0 Å². The van der Waals surface area contributed by atoms with Gasteiger partial charge in [0, 0.05) is 18.5 Å². The average Bonchev–Trinajstić information content (AvgIpc) is 2.47. The topological polar surface area (TPSA) is 53.1 Å². The van der Waals surface area contributed by atoms with Crippen molar-refractivity contribution in [3.63, 3.8) is 0 Å². The standard InChI is InChI=1S/C16H25N5/c1-4-17-16-19-14-10-6-5-9-13(14)15(20-16)18-11-7-8-12-21(2)3/h5-6,9-10H,4,7-8,11-12H2,1-3H3,(H2,17,18,19,20). The number of rotatable bonds is 8. The van der Waals surface area contributed by atoms with Crippen molar-refractivity contribution < 1.29 is 0 Å². The third-order valence-electron chi connectivity index (χ3n) is 3.26. The third kappa shape index (κ3) is 4.56. The lowest BCUT2D eigenvalue weighted by atomic mass is 10.2. The zero-order valence-electron chi connectivity index (χ0n) is 13.2. The lowest BCUT2D eigenvalue weighted by Crippen LogP contribution is -2.14. The van der Waals surface area contributed by atoms with Crippen molar-refractivity contribution in [1.82, 2.24) is 14.9 Å². The summed E-state index contributed by atoms with van der Waals surface area (Å²) in [7, 11) is 4.21. The van der Waals surface area contributed by atoms with Gasteiger partial charge >= 0.3 is 0 Å². The lowest BCUT2D eigenvalue weighted by Gasteiger charge is -2.12. The molecule has 0 saturated carbocycles. The molecule has 1 aromatic carbocycles. The zero-order valence-corrected chi connectivity index (χ0v) is 13.2. The molecule has 0 fully saturated rings. The van der Waals surface area contributed by atoms with E-state index in [1.807, 2.05) is 25.1 Å². The lowest BCUT2D eigenvalue weighted by molar-refractivity contribution is 0.396. The van der Waals surface area contributed by atoms with Gasteiger partial charge in [-0.15, -0.1) is 0 Å². The minimum absolute atomic E-state index is 0.687. The summed E-state index contributed by atoms with van der Waals surface area (Å²) in [5, 5.41) is 7.71. The molecular formula is C16H25N5. The van der Waals surface area contributed by atoms with Gasteiger partial charge in [0.15, 0.2) is 0 Å². The molecule has 21 heavy (non-hydrogen) atoms. The van der Waals surface area contributed by atoms with Crippen molar-refractivity contribution >= 4 is 22.7 Å². The molecule has 5 nitrogen and oxygen atoms in total. The van der Waals surface area contributed by atoms with Gasteiger partial charge in [0.25, 0.3) is 0 Å². The molecule has 2 rings (SSSR count). The number of anilines is 2. The quantitative estimate of drug-likeness (QED) is 0.731. The maximum absolute atomic E-state index is 4.58. The summed E-state index contributed by atoms with van der Waals surface area (Å²) in [5.41, 5.74) is 0.972. The van der Waals surface area contributed by atoms with E-state index in [0.29, 0.717) is 5.95 Å². The van der Waals surface area contributed by atoms with Gasteiger partial charge in [-0.1, -0.05) is 12.1 Å². The second kappa shape index (κ2) is 7.78. The SMILES string of the molecule is CCNc1nc(NCCCCN(C)C)c2ccccc2n1. The fraction of sp³-hybridized carbons (Fsp3) is 0.500. The Balaban J connectivity index is 2.06. The van der Waals surface area contributed by atoms with E-state index in [9.17, 15) is 0 Å². The number of benzene rings is 1. The fourth-order valence-corrected chi connectivity index (χ4v) is 2.21. The Bertz CT molecular complexity index is 568. The number of para-hydroxylation sites is 1. The number of unbranched alkanes of at least 4 members (excludes halogenated alkanes) is 1. The van der Waals surface area contributed by atoms with Crippen molar-refractivity contribution in [2.45, 2.75) is 19.8 Å². The highest BCUT2D eigenvalue weighted by Gasteiger charge is 2.06. The highest BCUT2D eigenvalue weighted by molar-refractivity contribution is 5.89. The van der Waals surface area contributed by atoms with E-state index in [2.05, 4.69) is 45.7 Å². The van der Waals surface area contributed by atoms with Crippen molar-refractivity contribution in [3.05, 3.63) is 24.3 Å². The Morgan fingerprint density at radius 2 is 1.86 bits per heavy atom. The molecule has 0 aliphatic carbocycles. The van der Waals surface area contributed by atoms with Gasteiger partial charge < -0.3 is 15.5 Å². The van der Waals surface area contributed by atoms with Gasteiger partial charge in [-0.2, -0.15) is 4.98 Å². The van der Waals surface area contributed by atoms with Gasteiger partial charge in [0.2, 0.25) is 5.95 Å². The first-order chi connectivity index (χ1) is 10.2. The van der Waals surface area contributed by atoms with Crippen LogP contribution in [0.4, 0.5) is 11.8 Å². The molecule has 2 N–H and O–H groups in total. The summed E-state index contributed by atoms with van der Waals surface area (Å²) in [6.45, 7) is 4.92. The van der Waals surface area contributed by atoms with Crippen molar-refractivity contribution in [2.75, 3.05) is 44.4 Å². The summed E-state index contributed by atoms with van der Waals surface area (Å²) in [6, 6.07) is 8.12. The predicted octanol–water partition coefficient (Wildman–Crippen LogP) is 2.82. The summed E-state index contributed by atoms with van der Waals surface area (Å²) in [6.07, 6.45) is 2.32. The maximum atomic E-state index is 4.58. The Hall–Kier alpha value is -1.88. The van der Waals surface area contributed by atoms with Crippen LogP contribution in [-0.2, 0) is 0 Å². The Kier molecular flexibility index (Phi) is 5.75. The largest absolute Gasteiger partial charge is 0.369 e. The number of aromatic nitrogens is 2. The molecule has 1 heterocycles. The van der Waals surface area contributed by atoms with Gasteiger partial charge in [-0.25, -0.2) is 4.98 Å². The number of fused-ring (bicyclic) bond motifs is 1. The van der Waals surface area contributed by atoms with Gasteiger partial charge in [-0.05, 0) is 52.5 Å². The summed E-state index contributed by atoms with van der Waals surface area (Å²) < 4.78 is 0. The van der Waals surface area contributed by atoms with Crippen LogP contribution in [0.25, 0.3) is 10.9 Å². The van der Waals surface area contributed by atoms with Crippen molar-refractivity contribution in [1.29, 1.82) is 0 Å². The monoisotopic (exact) mass is 287 g/mol. The molecule has 0 amide bonds. The molecule has 0 saturated heterocycles. The molecule has 0 aliphatic heterocycles. The summed E-state index contributed by atoms with van der Waals surface area (Å²) in [4.78, 5) is 11.3. The second-order valence-electron chi connectivity index (χ2n) is 5.38. The normalized spacial score (nSPS) is 11.0. The highest BCUT2D eigenvalue weighted by Crippen LogP contribution is 2.21. The van der Waals surface area contributed by atoms with E-state index in [0.717, 1.165) is 42.8 Å². The van der Waals surface area contributed by atoms with Crippen molar-refractivity contribution in [2.24, 2.45) is 0 Å². The van der Waals surface area contributed by atoms with E-state index in [-0.39, 0.29) is 0 Å². The van der Waals surface area contributed by atoms with Crippen LogP contribution in [0, 0.1) is 0 Å². The molecule has 0 radical (unpaired) electrons. The predicted molar refractivity (Wildman–Crippen MR) is 90.0 cm³/mol. The molecule has 0 aliphatic rings. The highest BCUT2D eigenvalue weighted by atomic mass is 15.1. The van der Waals surface area contributed by atoms with Crippen LogP contribution >= 0.6 is 0 Å². The molecule has 0 atom stereocenters. The van der Waals surface area contributed by atoms with Gasteiger partial charge in [0.1, 0.15) is 5.82 Å². The maximum Gasteiger partial charge on any atom is 0.225 e. The summed E-state index contributed by atoms with van der Waals surface area (Å²) in [5.74, 6) is 1.60. The van der Waals surface area contributed by atoms with E-state index in [1.54, 1.807) is 0 Å². The minimum atomic E-state index is 0.687. The molecule has 2 aromatic rings. The molecule has 5 heteroatoms. The van der Waals surface area contributed by atoms with Crippen molar-refractivity contribution in [3.8, 4) is 0 Å².